The van der Waals surface area contributed by atoms with Gasteiger partial charge in [0.25, 0.3) is 0 Å². The van der Waals surface area contributed by atoms with Crippen LogP contribution >= 0.6 is 23.2 Å². The first-order chi connectivity index (χ1) is 9.60. The van der Waals surface area contributed by atoms with Crippen LogP contribution in [0.1, 0.15) is 43.0 Å². The summed E-state index contributed by atoms with van der Waals surface area (Å²) in [6.45, 7) is 4.69. The van der Waals surface area contributed by atoms with E-state index in [1.165, 1.54) is 25.7 Å². The lowest BCUT2D eigenvalue weighted by molar-refractivity contribution is 0.0932. The summed E-state index contributed by atoms with van der Waals surface area (Å²) < 4.78 is 0. The van der Waals surface area contributed by atoms with Crippen molar-refractivity contribution < 1.29 is 4.79 Å². The molecule has 1 aromatic carbocycles. The van der Waals surface area contributed by atoms with Crippen LogP contribution in [-0.2, 0) is 0 Å². The second-order valence-electron chi connectivity index (χ2n) is 5.53. The number of carbonyl (C=O) groups excluding carboxylic acids is 1. The topological polar surface area (TPSA) is 20.3 Å². The molecule has 0 spiro atoms. The molecule has 1 atom stereocenters. The molecular formula is C16H21Cl2NO. The molecule has 1 saturated heterocycles. The smallest absolute Gasteiger partial charge is 0.178 e. The van der Waals surface area contributed by atoms with Crippen molar-refractivity contribution in [2.24, 2.45) is 5.92 Å². The molecule has 1 unspecified atom stereocenters. The van der Waals surface area contributed by atoms with Crippen LogP contribution in [0.15, 0.2) is 18.2 Å². The van der Waals surface area contributed by atoms with Gasteiger partial charge in [-0.3, -0.25) is 9.69 Å². The maximum absolute atomic E-state index is 12.4. The summed E-state index contributed by atoms with van der Waals surface area (Å²) >= 11 is 12.0. The van der Waals surface area contributed by atoms with Gasteiger partial charge >= 0.3 is 0 Å². The van der Waals surface area contributed by atoms with Crippen LogP contribution in [0.5, 0.6) is 0 Å². The summed E-state index contributed by atoms with van der Waals surface area (Å²) in [4.78, 5) is 14.6. The Bertz CT molecular complexity index is 476. The van der Waals surface area contributed by atoms with Gasteiger partial charge in [-0.05, 0) is 56.5 Å². The van der Waals surface area contributed by atoms with Gasteiger partial charge in [0.2, 0.25) is 0 Å². The number of halogens is 2. The first kappa shape index (κ1) is 15.8. The molecular weight excluding hydrogens is 293 g/mol. The van der Waals surface area contributed by atoms with E-state index in [9.17, 15) is 4.79 Å². The number of nitrogens with zero attached hydrogens (tertiary/aromatic N) is 1. The van der Waals surface area contributed by atoms with Crippen LogP contribution < -0.4 is 0 Å². The Balaban J connectivity index is 1.99. The lowest BCUT2D eigenvalue weighted by Gasteiger charge is -2.19. The summed E-state index contributed by atoms with van der Waals surface area (Å²) in [7, 11) is 0. The van der Waals surface area contributed by atoms with Crippen molar-refractivity contribution in [3.8, 4) is 0 Å². The molecule has 0 N–H and O–H groups in total. The molecule has 0 radical (unpaired) electrons. The Morgan fingerprint density at radius 2 is 2.10 bits per heavy atom. The summed E-state index contributed by atoms with van der Waals surface area (Å²) in [6.07, 6.45) is 4.88. The van der Waals surface area contributed by atoms with Gasteiger partial charge in [0.15, 0.2) is 5.78 Å². The van der Waals surface area contributed by atoms with Crippen molar-refractivity contribution in [1.29, 1.82) is 0 Å². The highest BCUT2D eigenvalue weighted by Gasteiger charge is 2.19. The average Bonchev–Trinajstić information content (AvgIpc) is 2.66. The fourth-order valence-corrected chi connectivity index (χ4v) is 3.19. The fraction of sp³-hybridized carbons (Fsp3) is 0.562. The van der Waals surface area contributed by atoms with Gasteiger partial charge in [0, 0.05) is 10.6 Å². The highest BCUT2D eigenvalue weighted by molar-refractivity contribution is 6.36. The zero-order valence-electron chi connectivity index (χ0n) is 11.9. The maximum atomic E-state index is 12.4. The second-order valence-corrected chi connectivity index (χ2v) is 6.37. The summed E-state index contributed by atoms with van der Waals surface area (Å²) in [5, 5.41) is 1.04. The van der Waals surface area contributed by atoms with Crippen LogP contribution in [0.25, 0.3) is 0 Å². The largest absolute Gasteiger partial charge is 0.296 e. The highest BCUT2D eigenvalue weighted by atomic mass is 35.5. The maximum Gasteiger partial charge on any atom is 0.178 e. The fourth-order valence-electron chi connectivity index (χ4n) is 2.79. The Labute approximate surface area is 131 Å². The van der Waals surface area contributed by atoms with Gasteiger partial charge < -0.3 is 0 Å². The van der Waals surface area contributed by atoms with E-state index >= 15 is 0 Å². The van der Waals surface area contributed by atoms with Gasteiger partial charge in [-0.2, -0.15) is 0 Å². The minimum absolute atomic E-state index is 0.0625. The van der Waals surface area contributed by atoms with Crippen LogP contribution in [0, 0.1) is 5.92 Å². The number of benzene rings is 1. The minimum Gasteiger partial charge on any atom is -0.296 e. The zero-order valence-corrected chi connectivity index (χ0v) is 13.4. The van der Waals surface area contributed by atoms with Crippen molar-refractivity contribution in [1.82, 2.24) is 4.90 Å². The first-order valence-corrected chi connectivity index (χ1v) is 8.06. The Morgan fingerprint density at radius 3 is 2.85 bits per heavy atom. The van der Waals surface area contributed by atoms with Crippen molar-refractivity contribution in [2.45, 2.75) is 32.6 Å². The molecule has 110 valence electrons. The van der Waals surface area contributed by atoms with Crippen LogP contribution in [0.2, 0.25) is 10.0 Å². The van der Waals surface area contributed by atoms with Gasteiger partial charge in [0.1, 0.15) is 0 Å². The molecule has 1 aliphatic rings. The quantitative estimate of drug-likeness (QED) is 0.752. The molecule has 1 fully saturated rings. The van der Waals surface area contributed by atoms with Crippen LogP contribution in [-0.4, -0.2) is 30.3 Å². The Hall–Kier alpha value is -0.570. The standard InChI is InChI=1S/C16H21Cl2NO/c1-2-12-4-3-8-19(9-7-12)11-16(20)14-10-13(17)5-6-15(14)18/h5-6,10,12H,2-4,7-9,11H2,1H3. The lowest BCUT2D eigenvalue weighted by atomic mass is 9.98. The molecule has 1 aliphatic heterocycles. The van der Waals surface area contributed by atoms with Crippen molar-refractivity contribution in [3.05, 3.63) is 33.8 Å². The number of carbonyl (C=O) groups is 1. The molecule has 0 saturated carbocycles. The lowest BCUT2D eigenvalue weighted by Crippen LogP contribution is -2.31. The predicted octanol–water partition coefficient (Wildman–Crippen LogP) is 4.69. The van der Waals surface area contributed by atoms with Crippen molar-refractivity contribution in [3.63, 3.8) is 0 Å². The van der Waals surface area contributed by atoms with E-state index in [1.54, 1.807) is 18.2 Å². The Kier molecular flexibility index (Phi) is 5.88. The first-order valence-electron chi connectivity index (χ1n) is 7.30. The SMILES string of the molecule is CCC1CCCN(CC(=O)c2cc(Cl)ccc2Cl)CC1. The number of hydrogen-bond acceptors (Lipinski definition) is 2. The second kappa shape index (κ2) is 7.44. The van der Waals surface area contributed by atoms with E-state index in [0.717, 1.165) is 19.0 Å². The molecule has 1 aromatic rings. The van der Waals surface area contributed by atoms with E-state index in [4.69, 9.17) is 23.2 Å². The third kappa shape index (κ3) is 4.21. The molecule has 0 bridgehead atoms. The minimum atomic E-state index is 0.0625. The molecule has 0 aliphatic carbocycles. The summed E-state index contributed by atoms with van der Waals surface area (Å²) in [5.41, 5.74) is 0.537. The monoisotopic (exact) mass is 313 g/mol. The molecule has 2 nitrogen and oxygen atoms in total. The predicted molar refractivity (Wildman–Crippen MR) is 84.9 cm³/mol. The van der Waals surface area contributed by atoms with Gasteiger partial charge in [0.05, 0.1) is 11.6 Å². The van der Waals surface area contributed by atoms with E-state index < -0.39 is 0 Å². The van der Waals surface area contributed by atoms with E-state index in [-0.39, 0.29) is 5.78 Å². The summed E-state index contributed by atoms with van der Waals surface area (Å²) in [6, 6.07) is 5.06. The molecule has 1 heterocycles. The molecule has 0 aromatic heterocycles. The zero-order chi connectivity index (χ0) is 14.5. The van der Waals surface area contributed by atoms with E-state index in [0.29, 0.717) is 22.2 Å². The third-order valence-electron chi connectivity index (χ3n) is 4.11. The summed E-state index contributed by atoms with van der Waals surface area (Å²) in [5.74, 6) is 0.873. The molecule has 0 amide bonds. The third-order valence-corrected chi connectivity index (χ3v) is 4.68. The van der Waals surface area contributed by atoms with Gasteiger partial charge in [-0.15, -0.1) is 0 Å². The normalized spacial score (nSPS) is 20.6. The number of hydrogen-bond donors (Lipinski definition) is 0. The van der Waals surface area contributed by atoms with Crippen LogP contribution in [0.4, 0.5) is 0 Å². The molecule has 2 rings (SSSR count). The highest BCUT2D eigenvalue weighted by Crippen LogP contribution is 2.23. The molecule has 20 heavy (non-hydrogen) atoms. The number of Topliss-reactive ketones (excluding diaryl/α,β-unsaturated/α-hetero) is 1. The number of ketones is 1. The Morgan fingerprint density at radius 1 is 1.30 bits per heavy atom. The average molecular weight is 314 g/mol. The van der Waals surface area contributed by atoms with Gasteiger partial charge in [-0.1, -0.05) is 36.5 Å². The van der Waals surface area contributed by atoms with Crippen molar-refractivity contribution >= 4 is 29.0 Å². The number of likely N-dealkylation sites (tertiary alicyclic amines) is 1. The molecule has 4 heteroatoms. The van der Waals surface area contributed by atoms with Gasteiger partial charge in [-0.25, -0.2) is 0 Å². The number of rotatable bonds is 4. The van der Waals surface area contributed by atoms with E-state index in [2.05, 4.69) is 11.8 Å². The van der Waals surface area contributed by atoms with Crippen LogP contribution in [0.3, 0.4) is 0 Å². The van der Waals surface area contributed by atoms with E-state index in [1.807, 2.05) is 0 Å². The van der Waals surface area contributed by atoms with Crippen molar-refractivity contribution in [2.75, 3.05) is 19.6 Å².